The van der Waals surface area contributed by atoms with E-state index in [0.29, 0.717) is 5.88 Å². The lowest BCUT2D eigenvalue weighted by atomic mass is 10.0. The third-order valence-electron chi connectivity index (χ3n) is 8.44. The number of anilines is 2. The summed E-state index contributed by atoms with van der Waals surface area (Å²) in [5, 5.41) is 13.2. The van der Waals surface area contributed by atoms with E-state index < -0.39 is 40.9 Å². The van der Waals surface area contributed by atoms with Gasteiger partial charge in [-0.15, -0.1) is 0 Å². The number of aromatic nitrogens is 8. The summed E-state index contributed by atoms with van der Waals surface area (Å²) in [6.45, 7) is 0. The fourth-order valence-corrected chi connectivity index (χ4v) is 5.76. The first-order valence-corrected chi connectivity index (χ1v) is 17.0. The second kappa shape index (κ2) is 15.9. The van der Waals surface area contributed by atoms with Crippen LogP contribution in [0.4, 0.5) is 38.0 Å². The van der Waals surface area contributed by atoms with E-state index in [1.165, 1.54) is 108 Å². The molecule has 0 unspecified atom stereocenters. The van der Waals surface area contributed by atoms with Crippen molar-refractivity contribution in [2.75, 3.05) is 17.7 Å². The van der Waals surface area contributed by atoms with E-state index in [9.17, 15) is 40.7 Å². The van der Waals surface area contributed by atoms with Crippen molar-refractivity contribution in [3.63, 3.8) is 0 Å². The number of nitrogens with zero attached hydrogens (tertiary/aromatic N) is 7. The lowest BCUT2D eigenvalue weighted by molar-refractivity contribution is -0.137. The Hall–Kier alpha value is -7.90. The van der Waals surface area contributed by atoms with Crippen LogP contribution in [0.3, 0.4) is 0 Å². The SMILES string of the molecule is COc1cccc(NC(=O)c2cnn3ccc(-c4ccccc4C(F)(F)F)nc23)n1.O=C(Nc1cccc(=O)[nH]1)c1cnn2ccc(-c3ccccc3C(F)(F)F)nc12. The molecule has 2 aromatic carbocycles. The minimum atomic E-state index is -4.55. The number of hydrogen-bond acceptors (Lipinski definition) is 9. The van der Waals surface area contributed by atoms with Crippen molar-refractivity contribution in [3.8, 4) is 28.4 Å². The lowest BCUT2D eigenvalue weighted by Crippen LogP contribution is -2.16. The van der Waals surface area contributed by atoms with Gasteiger partial charge in [-0.25, -0.2) is 19.0 Å². The van der Waals surface area contributed by atoms with Gasteiger partial charge in [0.1, 0.15) is 22.8 Å². The topological polar surface area (TPSA) is 174 Å². The van der Waals surface area contributed by atoms with Gasteiger partial charge < -0.3 is 20.4 Å². The number of H-pyrrole nitrogens is 1. The minimum absolute atomic E-state index is 0.0426. The van der Waals surface area contributed by atoms with Crippen LogP contribution in [-0.2, 0) is 12.4 Å². The van der Waals surface area contributed by atoms with E-state index >= 15 is 0 Å². The molecule has 0 saturated heterocycles. The Labute approximate surface area is 327 Å². The van der Waals surface area contributed by atoms with E-state index in [1.54, 1.807) is 18.2 Å². The van der Waals surface area contributed by atoms with Gasteiger partial charge in [-0.3, -0.25) is 14.4 Å². The summed E-state index contributed by atoms with van der Waals surface area (Å²) in [5.74, 6) is -0.440. The number of pyridine rings is 2. The highest BCUT2D eigenvalue weighted by atomic mass is 19.4. The van der Waals surface area contributed by atoms with Gasteiger partial charge in [-0.05, 0) is 36.4 Å². The zero-order chi connectivity index (χ0) is 41.9. The molecule has 0 spiro atoms. The van der Waals surface area contributed by atoms with Gasteiger partial charge in [-0.1, -0.05) is 48.5 Å². The summed E-state index contributed by atoms with van der Waals surface area (Å²) in [6.07, 6.45) is -3.68. The van der Waals surface area contributed by atoms with E-state index in [-0.39, 0.29) is 56.6 Å². The molecule has 0 aliphatic rings. The number of fused-ring (bicyclic) bond motifs is 2. The molecule has 3 N–H and O–H groups in total. The van der Waals surface area contributed by atoms with Gasteiger partial charge in [0.05, 0.1) is 42.0 Å². The molecule has 0 bridgehead atoms. The number of methoxy groups -OCH3 is 1. The van der Waals surface area contributed by atoms with Crippen LogP contribution in [0, 0.1) is 0 Å². The number of alkyl halides is 6. The Morgan fingerprint density at radius 1 is 0.627 bits per heavy atom. The van der Waals surface area contributed by atoms with Crippen LogP contribution in [0.5, 0.6) is 5.88 Å². The van der Waals surface area contributed by atoms with Gasteiger partial charge in [0.2, 0.25) is 11.4 Å². The zero-order valence-electron chi connectivity index (χ0n) is 30.1. The van der Waals surface area contributed by atoms with Crippen molar-refractivity contribution in [1.29, 1.82) is 0 Å². The zero-order valence-corrected chi connectivity index (χ0v) is 30.1. The minimum Gasteiger partial charge on any atom is -0.481 e. The Morgan fingerprint density at radius 2 is 1.14 bits per heavy atom. The Bertz CT molecular complexity index is 2910. The summed E-state index contributed by atoms with van der Waals surface area (Å²) in [4.78, 5) is 51.7. The number of carbonyl (C=O) groups is 2. The smallest absolute Gasteiger partial charge is 0.417 e. The largest absolute Gasteiger partial charge is 0.481 e. The van der Waals surface area contributed by atoms with Crippen molar-refractivity contribution in [1.82, 2.24) is 39.2 Å². The van der Waals surface area contributed by atoms with Gasteiger partial charge in [0, 0.05) is 35.7 Å². The van der Waals surface area contributed by atoms with Gasteiger partial charge in [0.25, 0.3) is 11.8 Å². The molecular formula is C39H26F6N10O4. The van der Waals surface area contributed by atoms with Gasteiger partial charge >= 0.3 is 12.4 Å². The van der Waals surface area contributed by atoms with E-state index in [2.05, 4.69) is 40.8 Å². The van der Waals surface area contributed by atoms with Crippen molar-refractivity contribution in [2.45, 2.75) is 12.4 Å². The highest BCUT2D eigenvalue weighted by molar-refractivity contribution is 6.08. The van der Waals surface area contributed by atoms with Crippen molar-refractivity contribution in [2.24, 2.45) is 0 Å². The normalized spacial score (nSPS) is 11.5. The third-order valence-corrected chi connectivity index (χ3v) is 8.44. The number of halogens is 6. The molecule has 8 rings (SSSR count). The molecule has 59 heavy (non-hydrogen) atoms. The summed E-state index contributed by atoms with van der Waals surface area (Å²) in [6, 6.07) is 22.1. The standard InChI is InChI=1S/C20H14F3N5O2.C19H12F3N5O2/c1-30-17-8-4-7-16(26-17)27-19(29)13-11-24-28-10-9-15(25-18(13)28)12-5-2-3-6-14(12)20(21,22)23;20-19(21,22)13-5-2-1-4-11(13)14-8-9-27-17(24-14)12(10-23-27)18(29)26-15-6-3-7-16(28)25-15/h2-11H,1H3,(H,26,27,29);1-10H,(H2,25,26,28,29). The first-order chi connectivity index (χ1) is 28.2. The average molecular weight is 813 g/mol. The number of hydrogen-bond donors (Lipinski definition) is 3. The molecule has 0 aliphatic heterocycles. The van der Waals surface area contributed by atoms with Crippen molar-refractivity contribution < 1.29 is 40.7 Å². The molecule has 0 atom stereocenters. The van der Waals surface area contributed by atoms with Crippen LogP contribution in [0.1, 0.15) is 31.8 Å². The van der Waals surface area contributed by atoms with Gasteiger partial charge in [0.15, 0.2) is 11.3 Å². The number of ether oxygens (including phenoxy) is 1. The molecule has 0 aliphatic carbocycles. The fourth-order valence-electron chi connectivity index (χ4n) is 5.76. The Kier molecular flexibility index (Phi) is 10.6. The number of rotatable bonds is 7. The summed E-state index contributed by atoms with van der Waals surface area (Å²) < 4.78 is 87.7. The summed E-state index contributed by atoms with van der Waals surface area (Å²) in [7, 11) is 1.45. The first kappa shape index (κ1) is 39.3. The Balaban J connectivity index is 0.000000179. The van der Waals surface area contributed by atoms with Crippen LogP contribution in [0.15, 0.2) is 127 Å². The molecule has 0 fully saturated rings. The Morgan fingerprint density at radius 3 is 1.64 bits per heavy atom. The number of nitrogens with one attached hydrogen (secondary N) is 3. The number of benzene rings is 2. The molecule has 8 aromatic rings. The fraction of sp³-hybridized carbons (Fsp3) is 0.0769. The molecule has 6 aromatic heterocycles. The number of amides is 2. The number of aromatic amines is 1. The van der Waals surface area contributed by atoms with Crippen LogP contribution < -0.4 is 20.9 Å². The second-order valence-electron chi connectivity index (χ2n) is 12.3. The van der Waals surface area contributed by atoms with Crippen molar-refractivity contribution >= 4 is 34.7 Å². The molecule has 0 saturated carbocycles. The van der Waals surface area contributed by atoms with Crippen LogP contribution >= 0.6 is 0 Å². The molecule has 14 nitrogen and oxygen atoms in total. The quantitative estimate of drug-likeness (QED) is 0.138. The predicted octanol–water partition coefficient (Wildman–Crippen LogP) is 7.43. The average Bonchev–Trinajstić information content (AvgIpc) is 3.85. The van der Waals surface area contributed by atoms with Crippen LogP contribution in [-0.4, -0.2) is 58.1 Å². The lowest BCUT2D eigenvalue weighted by Gasteiger charge is -2.12. The van der Waals surface area contributed by atoms with E-state index in [0.717, 1.165) is 12.1 Å². The predicted molar refractivity (Wildman–Crippen MR) is 201 cm³/mol. The van der Waals surface area contributed by atoms with E-state index in [4.69, 9.17) is 4.74 Å². The third kappa shape index (κ3) is 8.60. The second-order valence-corrected chi connectivity index (χ2v) is 12.3. The molecule has 20 heteroatoms. The molecular weight excluding hydrogens is 786 g/mol. The molecule has 298 valence electrons. The maximum atomic E-state index is 13.4. The summed E-state index contributed by atoms with van der Waals surface area (Å²) >= 11 is 0. The molecule has 0 radical (unpaired) electrons. The molecule has 6 heterocycles. The van der Waals surface area contributed by atoms with E-state index in [1.807, 2.05) is 0 Å². The van der Waals surface area contributed by atoms with Crippen LogP contribution in [0.2, 0.25) is 0 Å². The maximum Gasteiger partial charge on any atom is 0.417 e. The highest BCUT2D eigenvalue weighted by Crippen LogP contribution is 2.37. The summed E-state index contributed by atoms with van der Waals surface area (Å²) in [5.41, 5.74) is -1.79. The van der Waals surface area contributed by atoms with Crippen molar-refractivity contribution in [3.05, 3.63) is 154 Å². The molecule has 2 amide bonds. The highest BCUT2D eigenvalue weighted by Gasteiger charge is 2.35. The number of carbonyl (C=O) groups excluding carboxylic acids is 2. The maximum absolute atomic E-state index is 13.4. The van der Waals surface area contributed by atoms with Gasteiger partial charge in [-0.2, -0.15) is 41.5 Å². The first-order valence-electron chi connectivity index (χ1n) is 17.0. The monoisotopic (exact) mass is 812 g/mol. The van der Waals surface area contributed by atoms with Crippen LogP contribution in [0.25, 0.3) is 33.8 Å².